The minimum atomic E-state index is -0.0844. The molecule has 1 aromatic heterocycles. The number of aryl methyl sites for hydroxylation is 2. The summed E-state index contributed by atoms with van der Waals surface area (Å²) in [5, 5.41) is 2.85. The molecule has 2 aromatic rings. The van der Waals surface area contributed by atoms with Gasteiger partial charge >= 0.3 is 0 Å². The second kappa shape index (κ2) is 5.13. The molecule has 0 bridgehead atoms. The van der Waals surface area contributed by atoms with E-state index in [0.717, 1.165) is 17.4 Å². The van der Waals surface area contributed by atoms with E-state index in [-0.39, 0.29) is 5.91 Å². The van der Waals surface area contributed by atoms with Crippen LogP contribution in [0.4, 0.5) is 5.69 Å². The fourth-order valence-corrected chi connectivity index (χ4v) is 2.60. The van der Waals surface area contributed by atoms with Crippen molar-refractivity contribution >= 4 is 27.5 Å². The highest BCUT2D eigenvalue weighted by Gasteiger charge is 2.14. The predicted molar refractivity (Wildman–Crippen MR) is 78.4 cm³/mol. The highest BCUT2D eigenvalue weighted by atomic mass is 79.9. The molecular formula is C15H13BrN2O. The molecule has 0 spiro atoms. The van der Waals surface area contributed by atoms with E-state index in [1.165, 1.54) is 17.5 Å². The van der Waals surface area contributed by atoms with E-state index in [1.54, 1.807) is 12.3 Å². The molecule has 0 aliphatic heterocycles. The van der Waals surface area contributed by atoms with Crippen molar-refractivity contribution < 1.29 is 4.79 Å². The normalized spacial score (nSPS) is 13.1. The van der Waals surface area contributed by atoms with E-state index < -0.39 is 0 Å². The molecule has 1 amide bonds. The number of amides is 1. The molecule has 0 saturated heterocycles. The first-order chi connectivity index (χ1) is 9.22. The van der Waals surface area contributed by atoms with Crippen molar-refractivity contribution in [3.05, 3.63) is 57.8 Å². The number of hydrogen-bond donors (Lipinski definition) is 1. The SMILES string of the molecule is O=C(Nc1ccc(Br)nc1)c1ccc2c(c1)CCC2. The molecule has 96 valence electrons. The molecule has 4 heteroatoms. The quantitative estimate of drug-likeness (QED) is 0.860. The van der Waals surface area contributed by atoms with Crippen molar-refractivity contribution in [2.24, 2.45) is 0 Å². The minimum Gasteiger partial charge on any atom is -0.321 e. The average molecular weight is 317 g/mol. The molecule has 0 atom stereocenters. The monoisotopic (exact) mass is 316 g/mol. The van der Waals surface area contributed by atoms with Crippen LogP contribution in [-0.2, 0) is 12.8 Å². The molecule has 0 radical (unpaired) electrons. The third-order valence-electron chi connectivity index (χ3n) is 3.35. The number of nitrogens with zero attached hydrogens (tertiary/aromatic N) is 1. The summed E-state index contributed by atoms with van der Waals surface area (Å²) in [5.41, 5.74) is 4.10. The minimum absolute atomic E-state index is 0.0844. The zero-order valence-corrected chi connectivity index (χ0v) is 11.9. The topological polar surface area (TPSA) is 42.0 Å². The van der Waals surface area contributed by atoms with Gasteiger partial charge < -0.3 is 5.32 Å². The lowest BCUT2D eigenvalue weighted by Gasteiger charge is -2.06. The van der Waals surface area contributed by atoms with Crippen LogP contribution in [0.1, 0.15) is 27.9 Å². The van der Waals surface area contributed by atoms with E-state index in [9.17, 15) is 4.79 Å². The summed E-state index contributed by atoms with van der Waals surface area (Å²) in [6, 6.07) is 9.59. The molecule has 1 heterocycles. The zero-order chi connectivity index (χ0) is 13.2. The number of benzene rings is 1. The summed E-state index contributed by atoms with van der Waals surface area (Å²) < 4.78 is 0.753. The number of anilines is 1. The molecule has 1 N–H and O–H groups in total. The molecule has 0 saturated carbocycles. The van der Waals surface area contributed by atoms with Crippen LogP contribution in [0.5, 0.6) is 0 Å². The van der Waals surface area contributed by atoms with Crippen LogP contribution in [0.25, 0.3) is 0 Å². The Bertz CT molecular complexity index is 623. The molecule has 19 heavy (non-hydrogen) atoms. The standard InChI is InChI=1S/C15H13BrN2O/c16-14-7-6-13(9-17-14)18-15(19)12-5-4-10-2-1-3-11(10)8-12/h4-9H,1-3H2,(H,18,19). The van der Waals surface area contributed by atoms with Crippen molar-refractivity contribution in [1.29, 1.82) is 0 Å². The number of nitrogens with one attached hydrogen (secondary N) is 1. The van der Waals surface area contributed by atoms with E-state index in [2.05, 4.69) is 32.3 Å². The van der Waals surface area contributed by atoms with Crippen molar-refractivity contribution in [3.63, 3.8) is 0 Å². The van der Waals surface area contributed by atoms with Crippen LogP contribution in [0.2, 0.25) is 0 Å². The van der Waals surface area contributed by atoms with Crippen LogP contribution in [0.15, 0.2) is 41.1 Å². The maximum Gasteiger partial charge on any atom is 0.255 e. The maximum absolute atomic E-state index is 12.1. The van der Waals surface area contributed by atoms with E-state index in [0.29, 0.717) is 11.3 Å². The van der Waals surface area contributed by atoms with Gasteiger partial charge in [0.2, 0.25) is 0 Å². The summed E-state index contributed by atoms with van der Waals surface area (Å²) in [5.74, 6) is -0.0844. The van der Waals surface area contributed by atoms with Crippen molar-refractivity contribution in [3.8, 4) is 0 Å². The fraction of sp³-hybridized carbons (Fsp3) is 0.200. The molecule has 3 nitrogen and oxygen atoms in total. The van der Waals surface area contributed by atoms with Crippen LogP contribution in [-0.4, -0.2) is 10.9 Å². The largest absolute Gasteiger partial charge is 0.321 e. The summed E-state index contributed by atoms with van der Waals surface area (Å²) in [6.45, 7) is 0. The Morgan fingerprint density at radius 2 is 2.00 bits per heavy atom. The number of fused-ring (bicyclic) bond motifs is 1. The third kappa shape index (κ3) is 2.68. The van der Waals surface area contributed by atoms with Crippen LogP contribution in [0.3, 0.4) is 0 Å². The lowest BCUT2D eigenvalue weighted by Crippen LogP contribution is -2.12. The molecule has 1 aliphatic carbocycles. The first-order valence-electron chi connectivity index (χ1n) is 6.27. The van der Waals surface area contributed by atoms with Gasteiger partial charge in [-0.15, -0.1) is 0 Å². The van der Waals surface area contributed by atoms with E-state index >= 15 is 0 Å². The number of rotatable bonds is 2. The Morgan fingerprint density at radius 3 is 2.79 bits per heavy atom. The lowest BCUT2D eigenvalue weighted by molar-refractivity contribution is 0.102. The summed E-state index contributed by atoms with van der Waals surface area (Å²) in [4.78, 5) is 16.2. The van der Waals surface area contributed by atoms with Crippen molar-refractivity contribution in [2.75, 3.05) is 5.32 Å². The van der Waals surface area contributed by atoms with Gasteiger partial charge in [0, 0.05) is 5.56 Å². The maximum atomic E-state index is 12.1. The van der Waals surface area contributed by atoms with Crippen LogP contribution < -0.4 is 5.32 Å². The van der Waals surface area contributed by atoms with Crippen LogP contribution in [0, 0.1) is 0 Å². The summed E-state index contributed by atoms with van der Waals surface area (Å²) in [7, 11) is 0. The van der Waals surface area contributed by atoms with Gasteiger partial charge in [-0.25, -0.2) is 4.98 Å². The predicted octanol–water partition coefficient (Wildman–Crippen LogP) is 3.59. The number of halogens is 1. The Morgan fingerprint density at radius 1 is 1.16 bits per heavy atom. The van der Waals surface area contributed by atoms with Crippen molar-refractivity contribution in [1.82, 2.24) is 4.98 Å². The van der Waals surface area contributed by atoms with Crippen molar-refractivity contribution in [2.45, 2.75) is 19.3 Å². The number of carbonyl (C=O) groups is 1. The second-order valence-electron chi connectivity index (χ2n) is 4.66. The molecule has 1 aliphatic rings. The molecular weight excluding hydrogens is 304 g/mol. The highest BCUT2D eigenvalue weighted by Crippen LogP contribution is 2.23. The highest BCUT2D eigenvalue weighted by molar-refractivity contribution is 9.10. The van der Waals surface area contributed by atoms with Gasteiger partial charge in [0.25, 0.3) is 5.91 Å². The van der Waals surface area contributed by atoms with Gasteiger partial charge in [0.1, 0.15) is 4.60 Å². The van der Waals surface area contributed by atoms with Gasteiger partial charge in [-0.1, -0.05) is 6.07 Å². The Balaban J connectivity index is 1.78. The molecule has 0 fully saturated rings. The molecule has 3 rings (SSSR count). The fourth-order valence-electron chi connectivity index (χ4n) is 2.37. The van der Waals surface area contributed by atoms with Gasteiger partial charge in [0.05, 0.1) is 11.9 Å². The summed E-state index contributed by atoms with van der Waals surface area (Å²) in [6.07, 6.45) is 5.04. The van der Waals surface area contributed by atoms with Gasteiger partial charge in [0.15, 0.2) is 0 Å². The number of aromatic nitrogens is 1. The van der Waals surface area contributed by atoms with Crippen LogP contribution >= 0.6 is 15.9 Å². The smallest absolute Gasteiger partial charge is 0.255 e. The number of pyridine rings is 1. The van der Waals surface area contributed by atoms with E-state index in [4.69, 9.17) is 0 Å². The van der Waals surface area contributed by atoms with Gasteiger partial charge in [-0.05, 0) is 70.6 Å². The first-order valence-corrected chi connectivity index (χ1v) is 7.06. The second-order valence-corrected chi connectivity index (χ2v) is 5.47. The molecule has 0 unspecified atom stereocenters. The van der Waals surface area contributed by atoms with Gasteiger partial charge in [-0.2, -0.15) is 0 Å². The average Bonchev–Trinajstić information content (AvgIpc) is 2.88. The lowest BCUT2D eigenvalue weighted by atomic mass is 10.1. The Hall–Kier alpha value is -1.68. The third-order valence-corrected chi connectivity index (χ3v) is 3.82. The van der Waals surface area contributed by atoms with Gasteiger partial charge in [-0.3, -0.25) is 4.79 Å². The zero-order valence-electron chi connectivity index (χ0n) is 10.3. The number of hydrogen-bond acceptors (Lipinski definition) is 2. The first kappa shape index (κ1) is 12.4. The summed E-state index contributed by atoms with van der Waals surface area (Å²) >= 11 is 3.27. The Kier molecular flexibility index (Phi) is 3.34. The number of carbonyl (C=O) groups excluding carboxylic acids is 1. The molecule has 1 aromatic carbocycles. The van der Waals surface area contributed by atoms with E-state index in [1.807, 2.05) is 18.2 Å². The Labute approximate surface area is 120 Å².